The Hall–Kier alpha value is -1.25. The highest BCUT2D eigenvalue weighted by Crippen LogP contribution is 2.25. The van der Waals surface area contributed by atoms with Crippen LogP contribution in [0.5, 0.6) is 0 Å². The largest absolute Gasteiger partial charge is 0.396 e. The summed E-state index contributed by atoms with van der Waals surface area (Å²) in [5.74, 6) is 1.66. The number of nitrogen functional groups attached to an aromatic ring is 1. The van der Waals surface area contributed by atoms with E-state index < -0.39 is 0 Å². The third kappa shape index (κ3) is 2.61. The number of aromatic nitrogens is 1. The van der Waals surface area contributed by atoms with Gasteiger partial charge in [-0.3, -0.25) is 0 Å². The molecule has 0 unspecified atom stereocenters. The lowest BCUT2D eigenvalue weighted by atomic mass is 10.1. The fraction of sp³-hybridized carbons (Fsp3) is 0.583. The Balaban J connectivity index is 1.94. The van der Waals surface area contributed by atoms with Crippen molar-refractivity contribution >= 4 is 11.5 Å². The van der Waals surface area contributed by atoms with Gasteiger partial charge < -0.3 is 11.1 Å². The van der Waals surface area contributed by atoms with Gasteiger partial charge in [0.25, 0.3) is 0 Å². The van der Waals surface area contributed by atoms with Crippen molar-refractivity contribution in [1.29, 1.82) is 0 Å². The van der Waals surface area contributed by atoms with Crippen molar-refractivity contribution in [2.45, 2.75) is 32.6 Å². The number of rotatable bonds is 3. The Morgan fingerprint density at radius 2 is 2.13 bits per heavy atom. The second-order valence-corrected chi connectivity index (χ2v) is 4.42. The van der Waals surface area contributed by atoms with Crippen LogP contribution in [0.15, 0.2) is 12.1 Å². The summed E-state index contributed by atoms with van der Waals surface area (Å²) < 4.78 is 0. The van der Waals surface area contributed by atoms with E-state index in [9.17, 15) is 0 Å². The molecule has 1 fully saturated rings. The van der Waals surface area contributed by atoms with Gasteiger partial charge in [-0.25, -0.2) is 4.98 Å². The zero-order valence-corrected chi connectivity index (χ0v) is 9.29. The molecule has 1 aromatic heterocycles. The van der Waals surface area contributed by atoms with Gasteiger partial charge in [-0.05, 0) is 37.8 Å². The van der Waals surface area contributed by atoms with Crippen LogP contribution in [0.3, 0.4) is 0 Å². The average Bonchev–Trinajstić information content (AvgIpc) is 2.72. The maximum atomic E-state index is 5.85. The molecular weight excluding hydrogens is 186 g/mol. The molecule has 0 amide bonds. The fourth-order valence-electron chi connectivity index (χ4n) is 2.16. The van der Waals surface area contributed by atoms with Gasteiger partial charge in [0.2, 0.25) is 0 Å². The minimum atomic E-state index is 0.749. The van der Waals surface area contributed by atoms with Crippen molar-refractivity contribution in [3.63, 3.8) is 0 Å². The van der Waals surface area contributed by atoms with E-state index in [1.807, 2.05) is 19.1 Å². The monoisotopic (exact) mass is 205 g/mol. The van der Waals surface area contributed by atoms with E-state index in [4.69, 9.17) is 5.73 Å². The summed E-state index contributed by atoms with van der Waals surface area (Å²) in [6, 6.07) is 3.86. The van der Waals surface area contributed by atoms with Crippen LogP contribution in [0.25, 0.3) is 0 Å². The maximum absolute atomic E-state index is 5.85. The van der Waals surface area contributed by atoms with Crippen LogP contribution in [0.4, 0.5) is 11.5 Å². The lowest BCUT2D eigenvalue weighted by Gasteiger charge is -2.12. The summed E-state index contributed by atoms with van der Waals surface area (Å²) >= 11 is 0. The van der Waals surface area contributed by atoms with E-state index >= 15 is 0 Å². The van der Waals surface area contributed by atoms with Crippen molar-refractivity contribution in [2.24, 2.45) is 5.92 Å². The summed E-state index contributed by atoms with van der Waals surface area (Å²) in [5.41, 5.74) is 7.61. The van der Waals surface area contributed by atoms with Crippen LogP contribution in [0, 0.1) is 12.8 Å². The quantitative estimate of drug-likeness (QED) is 0.797. The summed E-state index contributed by atoms with van der Waals surface area (Å²) in [6.45, 7) is 3.00. The van der Waals surface area contributed by atoms with Crippen LogP contribution in [0.1, 0.15) is 31.4 Å². The minimum absolute atomic E-state index is 0.749. The lowest BCUT2D eigenvalue weighted by molar-refractivity contribution is 0.579. The average molecular weight is 205 g/mol. The molecule has 0 aliphatic heterocycles. The number of nitrogens with two attached hydrogens (primary N) is 1. The zero-order valence-electron chi connectivity index (χ0n) is 9.29. The number of aryl methyl sites for hydroxylation is 1. The molecule has 1 saturated carbocycles. The van der Waals surface area contributed by atoms with Gasteiger partial charge in [0, 0.05) is 12.2 Å². The predicted molar refractivity (Wildman–Crippen MR) is 63.8 cm³/mol. The molecule has 3 nitrogen and oxygen atoms in total. The van der Waals surface area contributed by atoms with Crippen molar-refractivity contribution in [1.82, 2.24) is 4.98 Å². The highest BCUT2D eigenvalue weighted by atomic mass is 15.0. The molecule has 0 aromatic carbocycles. The number of nitrogens with zero attached hydrogens (tertiary/aromatic N) is 1. The molecular formula is C12H19N3. The van der Waals surface area contributed by atoms with Gasteiger partial charge in [0.05, 0.1) is 5.69 Å². The predicted octanol–water partition coefficient (Wildman–Crippen LogP) is 2.57. The molecule has 0 radical (unpaired) electrons. The van der Waals surface area contributed by atoms with E-state index in [0.717, 1.165) is 29.7 Å². The van der Waals surface area contributed by atoms with Gasteiger partial charge >= 0.3 is 0 Å². The molecule has 1 heterocycles. The fourth-order valence-corrected chi connectivity index (χ4v) is 2.16. The Kier molecular flexibility index (Phi) is 3.09. The standard InChI is InChI=1S/C12H19N3/c1-9-6-7-11(13)12(15-9)14-8-10-4-2-3-5-10/h6-7,10H,2-5,8,13H2,1H3,(H,14,15). The van der Waals surface area contributed by atoms with Crippen LogP contribution >= 0.6 is 0 Å². The topological polar surface area (TPSA) is 50.9 Å². The number of anilines is 2. The normalized spacial score (nSPS) is 16.9. The molecule has 2 rings (SSSR count). The third-order valence-electron chi connectivity index (χ3n) is 3.10. The second kappa shape index (κ2) is 4.51. The first-order valence-corrected chi connectivity index (χ1v) is 5.72. The molecule has 15 heavy (non-hydrogen) atoms. The first-order chi connectivity index (χ1) is 7.25. The van der Waals surface area contributed by atoms with Crippen molar-refractivity contribution in [3.8, 4) is 0 Å². The number of nitrogens with one attached hydrogen (secondary N) is 1. The molecule has 0 spiro atoms. The maximum Gasteiger partial charge on any atom is 0.149 e. The van der Waals surface area contributed by atoms with E-state index in [1.165, 1.54) is 25.7 Å². The Bertz CT molecular complexity index is 330. The Morgan fingerprint density at radius 3 is 2.87 bits per heavy atom. The molecule has 1 aliphatic rings. The third-order valence-corrected chi connectivity index (χ3v) is 3.10. The van der Waals surface area contributed by atoms with E-state index in [1.54, 1.807) is 0 Å². The summed E-state index contributed by atoms with van der Waals surface area (Å²) in [7, 11) is 0. The van der Waals surface area contributed by atoms with E-state index in [0.29, 0.717) is 0 Å². The molecule has 3 heteroatoms. The van der Waals surface area contributed by atoms with Gasteiger partial charge in [0.15, 0.2) is 0 Å². The first kappa shape index (κ1) is 10.3. The van der Waals surface area contributed by atoms with Crippen LogP contribution in [-0.4, -0.2) is 11.5 Å². The second-order valence-electron chi connectivity index (χ2n) is 4.42. The molecule has 82 valence electrons. The molecule has 1 aromatic rings. The van der Waals surface area contributed by atoms with Crippen molar-refractivity contribution in [2.75, 3.05) is 17.6 Å². The number of pyridine rings is 1. The summed E-state index contributed by atoms with van der Waals surface area (Å²) in [6.07, 6.45) is 5.45. The highest BCUT2D eigenvalue weighted by Gasteiger charge is 2.14. The van der Waals surface area contributed by atoms with Gasteiger partial charge in [-0.2, -0.15) is 0 Å². The zero-order chi connectivity index (χ0) is 10.7. The molecule has 3 N–H and O–H groups in total. The van der Waals surface area contributed by atoms with Crippen molar-refractivity contribution in [3.05, 3.63) is 17.8 Å². The van der Waals surface area contributed by atoms with Crippen LogP contribution in [0.2, 0.25) is 0 Å². The molecule has 1 aliphatic carbocycles. The van der Waals surface area contributed by atoms with Gasteiger partial charge in [0.1, 0.15) is 5.82 Å². The van der Waals surface area contributed by atoms with E-state index in [-0.39, 0.29) is 0 Å². The lowest BCUT2D eigenvalue weighted by Crippen LogP contribution is -2.13. The highest BCUT2D eigenvalue weighted by molar-refractivity contribution is 5.61. The van der Waals surface area contributed by atoms with Crippen LogP contribution < -0.4 is 11.1 Å². The SMILES string of the molecule is Cc1ccc(N)c(NCC2CCCC2)n1. The first-order valence-electron chi connectivity index (χ1n) is 5.72. The van der Waals surface area contributed by atoms with Crippen molar-refractivity contribution < 1.29 is 0 Å². The minimum Gasteiger partial charge on any atom is -0.396 e. The van der Waals surface area contributed by atoms with Crippen LogP contribution in [-0.2, 0) is 0 Å². The summed E-state index contributed by atoms with van der Waals surface area (Å²) in [5, 5.41) is 3.36. The Morgan fingerprint density at radius 1 is 1.40 bits per heavy atom. The molecule has 0 saturated heterocycles. The number of hydrogen-bond acceptors (Lipinski definition) is 3. The van der Waals surface area contributed by atoms with Gasteiger partial charge in [-0.1, -0.05) is 12.8 Å². The molecule has 0 bridgehead atoms. The number of hydrogen-bond donors (Lipinski definition) is 2. The van der Waals surface area contributed by atoms with E-state index in [2.05, 4.69) is 10.3 Å². The Labute approximate surface area is 91.1 Å². The molecule has 0 atom stereocenters. The van der Waals surface area contributed by atoms with Gasteiger partial charge in [-0.15, -0.1) is 0 Å². The summed E-state index contributed by atoms with van der Waals surface area (Å²) in [4.78, 5) is 4.40. The smallest absolute Gasteiger partial charge is 0.149 e.